The van der Waals surface area contributed by atoms with E-state index in [-0.39, 0.29) is 10.8 Å². The highest BCUT2D eigenvalue weighted by Gasteiger charge is 2.42. The molecule has 1 nitrogen and oxygen atoms in total. The number of rotatable bonds is 6. The molecule has 5 heteroatoms. The summed E-state index contributed by atoms with van der Waals surface area (Å²) in [4.78, 5) is 2.22. The summed E-state index contributed by atoms with van der Waals surface area (Å²) in [5.41, 5.74) is 13.1. The second-order valence-corrected chi connectivity index (χ2v) is 19.7. The number of benzene rings is 8. The van der Waals surface area contributed by atoms with Gasteiger partial charge in [0.1, 0.15) is 0 Å². The molecule has 0 aliphatic heterocycles. The Morgan fingerprint density at radius 3 is 1.57 bits per heavy atom. The number of halogens is 2. The zero-order valence-electron chi connectivity index (χ0n) is 33.8. The highest BCUT2D eigenvalue weighted by atomic mass is 32.1. The van der Waals surface area contributed by atoms with Crippen LogP contribution in [-0.2, 0) is 10.8 Å². The lowest BCUT2D eigenvalue weighted by molar-refractivity contribution is 0.403. The van der Waals surface area contributed by atoms with Gasteiger partial charge in [0.05, 0.1) is 5.69 Å². The summed E-state index contributed by atoms with van der Waals surface area (Å²) < 4.78 is 33.6. The minimum Gasteiger partial charge on any atom is -0.310 e. The fourth-order valence-electron chi connectivity index (χ4n) is 9.92. The van der Waals surface area contributed by atoms with E-state index in [0.29, 0.717) is 5.39 Å². The van der Waals surface area contributed by atoms with E-state index < -0.39 is 11.6 Å². The van der Waals surface area contributed by atoms with E-state index in [2.05, 4.69) is 154 Å². The van der Waals surface area contributed by atoms with Crippen LogP contribution in [0.15, 0.2) is 164 Å². The van der Waals surface area contributed by atoms with Crippen LogP contribution < -0.4 is 4.90 Å². The van der Waals surface area contributed by atoms with Crippen molar-refractivity contribution >= 4 is 80.1 Å². The molecule has 0 unspecified atom stereocenters. The third kappa shape index (κ3) is 6.05. The second-order valence-electron chi connectivity index (χ2n) is 17.5. The summed E-state index contributed by atoms with van der Waals surface area (Å²) in [6.45, 7) is 9.56. The summed E-state index contributed by atoms with van der Waals surface area (Å²) >= 11 is 3.38. The Kier molecular flexibility index (Phi) is 8.43. The van der Waals surface area contributed by atoms with Crippen LogP contribution in [0.1, 0.15) is 45.2 Å². The highest BCUT2D eigenvalue weighted by molar-refractivity contribution is 7.26. The summed E-state index contributed by atoms with van der Waals surface area (Å²) in [6, 6.07) is 57.0. The van der Waals surface area contributed by atoms with Crippen LogP contribution in [0.2, 0.25) is 0 Å². The molecular formula is C55H41F2NS2. The fraction of sp³-hybridized carbons (Fsp3) is 0.127. The largest absolute Gasteiger partial charge is 0.310 e. The monoisotopic (exact) mass is 817 g/mol. The van der Waals surface area contributed by atoms with Gasteiger partial charge in [0, 0.05) is 51.7 Å². The van der Waals surface area contributed by atoms with Crippen LogP contribution in [0.25, 0.3) is 73.7 Å². The Morgan fingerprint density at radius 1 is 0.417 bits per heavy atom. The lowest BCUT2D eigenvalue weighted by Crippen LogP contribution is -2.17. The molecule has 0 N–H and O–H groups in total. The number of thiophene rings is 2. The molecule has 2 heterocycles. The summed E-state index contributed by atoms with van der Waals surface area (Å²) in [5, 5.41) is 4.30. The van der Waals surface area contributed by atoms with Crippen LogP contribution in [-0.4, -0.2) is 0 Å². The van der Waals surface area contributed by atoms with E-state index in [9.17, 15) is 8.78 Å². The van der Waals surface area contributed by atoms with Crippen molar-refractivity contribution in [3.05, 3.63) is 187 Å². The number of hydrogen-bond acceptors (Lipinski definition) is 3. The maximum atomic E-state index is 14.8. The number of hydrogen-bond donors (Lipinski definition) is 0. The standard InChI is InChI=1S/C55H41F2NS2/c1-54(2)32-55(3,4)45-30-51-42(28-44(45)54)41-27-38(21-26-49(41)59-51)37-15-13-34(14-16-37)36-19-24-40(25-20-36)58(39-22-17-35(18-23-39)33-9-6-5-7-10-33)48-11-8-12-50-53(48)43-29-46(56)47(57)31-52(43)60-50/h5-31H,32H2,1-4H3. The third-order valence-corrected chi connectivity index (χ3v) is 14.9. The van der Waals surface area contributed by atoms with Crippen LogP contribution in [0, 0.1) is 11.6 Å². The molecule has 2 aromatic heterocycles. The topological polar surface area (TPSA) is 3.24 Å². The molecule has 1 aliphatic carbocycles. The van der Waals surface area contributed by atoms with Gasteiger partial charge in [-0.05, 0) is 135 Å². The summed E-state index contributed by atoms with van der Waals surface area (Å²) in [6.07, 6.45) is 1.17. The fourth-order valence-corrected chi connectivity index (χ4v) is 12.2. The van der Waals surface area contributed by atoms with Gasteiger partial charge in [0.25, 0.3) is 0 Å². The molecule has 0 atom stereocenters. The van der Waals surface area contributed by atoms with Gasteiger partial charge in [0.2, 0.25) is 0 Å². The SMILES string of the molecule is CC1(C)CC(C)(C)c2cc3c(cc21)sc1ccc(-c2ccc(-c4ccc(N(c5ccc(-c6ccccc6)cc5)c5cccc6sc7cc(F)c(F)cc7c56)cc4)cc2)cc13. The smallest absolute Gasteiger partial charge is 0.160 e. The van der Waals surface area contributed by atoms with Gasteiger partial charge in [-0.3, -0.25) is 0 Å². The first kappa shape index (κ1) is 36.9. The van der Waals surface area contributed by atoms with Gasteiger partial charge < -0.3 is 4.90 Å². The maximum Gasteiger partial charge on any atom is 0.160 e. The summed E-state index contributed by atoms with van der Waals surface area (Å²) in [7, 11) is 0. The molecule has 11 rings (SSSR count). The Morgan fingerprint density at radius 2 is 0.917 bits per heavy atom. The molecule has 0 bridgehead atoms. The molecule has 8 aromatic carbocycles. The maximum absolute atomic E-state index is 14.8. The minimum absolute atomic E-state index is 0.162. The van der Waals surface area contributed by atoms with E-state index >= 15 is 0 Å². The predicted octanol–water partition coefficient (Wildman–Crippen LogP) is 17.1. The molecule has 60 heavy (non-hydrogen) atoms. The van der Waals surface area contributed by atoms with Crippen molar-refractivity contribution in [3.63, 3.8) is 0 Å². The number of fused-ring (bicyclic) bond motifs is 7. The van der Waals surface area contributed by atoms with Crippen molar-refractivity contribution in [1.29, 1.82) is 0 Å². The number of nitrogens with zero attached hydrogens (tertiary/aromatic N) is 1. The van der Waals surface area contributed by atoms with E-state index in [0.717, 1.165) is 54.1 Å². The minimum atomic E-state index is -0.845. The van der Waals surface area contributed by atoms with Crippen molar-refractivity contribution < 1.29 is 8.78 Å². The highest BCUT2D eigenvalue weighted by Crippen LogP contribution is 2.52. The van der Waals surface area contributed by atoms with Crippen molar-refractivity contribution in [3.8, 4) is 33.4 Å². The Bertz CT molecular complexity index is 3280. The average Bonchev–Trinajstić information content (AvgIpc) is 3.86. The lowest BCUT2D eigenvalue weighted by Gasteiger charge is -2.27. The van der Waals surface area contributed by atoms with E-state index in [1.165, 1.54) is 72.3 Å². The van der Waals surface area contributed by atoms with Crippen molar-refractivity contribution in [2.45, 2.75) is 44.9 Å². The van der Waals surface area contributed by atoms with Gasteiger partial charge >= 0.3 is 0 Å². The first-order valence-corrected chi connectivity index (χ1v) is 22.1. The van der Waals surface area contributed by atoms with Gasteiger partial charge in [-0.25, -0.2) is 8.78 Å². The lowest BCUT2D eigenvalue weighted by atomic mass is 9.82. The van der Waals surface area contributed by atoms with Crippen molar-refractivity contribution in [2.75, 3.05) is 4.90 Å². The molecule has 1 aliphatic rings. The number of anilines is 3. The zero-order valence-corrected chi connectivity index (χ0v) is 35.4. The molecule has 0 radical (unpaired) electrons. The van der Waals surface area contributed by atoms with E-state index in [1.54, 1.807) is 0 Å². The Hall–Kier alpha value is -6.14. The molecule has 0 fully saturated rings. The predicted molar refractivity (Wildman–Crippen MR) is 254 cm³/mol. The van der Waals surface area contributed by atoms with Crippen molar-refractivity contribution in [1.82, 2.24) is 0 Å². The molecule has 0 spiro atoms. The molecule has 0 saturated heterocycles. The van der Waals surface area contributed by atoms with Crippen LogP contribution in [0.3, 0.4) is 0 Å². The molecule has 292 valence electrons. The molecule has 0 saturated carbocycles. The third-order valence-electron chi connectivity index (χ3n) is 12.6. The average molecular weight is 818 g/mol. The van der Waals surface area contributed by atoms with Crippen molar-refractivity contribution in [2.24, 2.45) is 0 Å². The first-order chi connectivity index (χ1) is 29.0. The van der Waals surface area contributed by atoms with Gasteiger partial charge in [-0.1, -0.05) is 119 Å². The van der Waals surface area contributed by atoms with Gasteiger partial charge in [-0.2, -0.15) is 0 Å². The van der Waals surface area contributed by atoms with Crippen LogP contribution in [0.5, 0.6) is 0 Å². The van der Waals surface area contributed by atoms with Gasteiger partial charge in [0.15, 0.2) is 11.6 Å². The second kappa shape index (κ2) is 13.7. The Labute approximate surface area is 356 Å². The molecule has 0 amide bonds. The molecular weight excluding hydrogens is 777 g/mol. The summed E-state index contributed by atoms with van der Waals surface area (Å²) in [5.74, 6) is -1.68. The van der Waals surface area contributed by atoms with E-state index in [4.69, 9.17) is 0 Å². The zero-order chi connectivity index (χ0) is 40.9. The quantitative estimate of drug-likeness (QED) is 0.162. The van der Waals surface area contributed by atoms with E-state index in [1.807, 2.05) is 41.7 Å². The molecule has 10 aromatic rings. The Balaban J connectivity index is 0.949. The first-order valence-electron chi connectivity index (χ1n) is 20.5. The van der Waals surface area contributed by atoms with Crippen LogP contribution in [0.4, 0.5) is 25.8 Å². The normalized spacial score (nSPS) is 14.4. The van der Waals surface area contributed by atoms with Crippen LogP contribution >= 0.6 is 22.7 Å². The van der Waals surface area contributed by atoms with Gasteiger partial charge in [-0.15, -0.1) is 22.7 Å².